The Morgan fingerprint density at radius 3 is 2.80 bits per heavy atom. The van der Waals surface area contributed by atoms with Crippen molar-refractivity contribution in [3.8, 4) is 0 Å². The molecule has 1 saturated carbocycles. The molecule has 2 fully saturated rings. The van der Waals surface area contributed by atoms with E-state index in [2.05, 4.69) is 26.3 Å². The van der Waals surface area contributed by atoms with Crippen molar-refractivity contribution in [2.24, 2.45) is 5.92 Å². The molecule has 8 heteroatoms. The molecule has 0 aromatic carbocycles. The Bertz CT molecular complexity index is 991. The van der Waals surface area contributed by atoms with Gasteiger partial charge in [-0.2, -0.15) is 11.8 Å². The monoisotopic (exact) mass is 425 g/mol. The number of nitrogens with one attached hydrogen (secondary N) is 2. The number of H-pyrrole nitrogens is 1. The maximum atomic E-state index is 12.6. The van der Waals surface area contributed by atoms with E-state index >= 15 is 0 Å². The van der Waals surface area contributed by atoms with Crippen LogP contribution in [0.1, 0.15) is 24.8 Å². The number of amides is 2. The number of hydrogen-bond donors (Lipinski definition) is 2. The predicted octanol–water partition coefficient (Wildman–Crippen LogP) is 2.58. The Morgan fingerprint density at radius 1 is 1.23 bits per heavy atom. The number of fused-ring (bicyclic) bond motifs is 1. The molecule has 2 aromatic heterocycles. The van der Waals surface area contributed by atoms with Crippen LogP contribution in [0.3, 0.4) is 0 Å². The van der Waals surface area contributed by atoms with Crippen LogP contribution in [0.2, 0.25) is 0 Å². The molecule has 2 N–H and O–H groups in total. The summed E-state index contributed by atoms with van der Waals surface area (Å²) in [4.78, 5) is 36.7. The van der Waals surface area contributed by atoms with E-state index in [0.29, 0.717) is 12.4 Å². The van der Waals surface area contributed by atoms with Gasteiger partial charge < -0.3 is 15.2 Å². The lowest BCUT2D eigenvalue weighted by Crippen LogP contribution is -2.45. The second-order valence-corrected chi connectivity index (χ2v) is 9.49. The highest BCUT2D eigenvalue weighted by atomic mass is 32.2. The summed E-state index contributed by atoms with van der Waals surface area (Å²) < 4.78 is 0. The molecule has 158 valence electrons. The Balaban J connectivity index is 1.30. The van der Waals surface area contributed by atoms with Gasteiger partial charge in [0.05, 0.1) is 6.54 Å². The summed E-state index contributed by atoms with van der Waals surface area (Å²) in [6.45, 7) is 3.86. The van der Waals surface area contributed by atoms with Crippen LogP contribution < -0.4 is 5.32 Å². The zero-order chi connectivity index (χ0) is 20.5. The minimum Gasteiger partial charge on any atom is -0.346 e. The van der Waals surface area contributed by atoms with Gasteiger partial charge in [0, 0.05) is 55.2 Å². The van der Waals surface area contributed by atoms with Crippen molar-refractivity contribution in [2.75, 3.05) is 49.5 Å². The average Bonchev–Trinajstić information content (AvgIpc) is 3.52. The summed E-state index contributed by atoms with van der Waals surface area (Å²) in [5, 5.41) is 4.05. The van der Waals surface area contributed by atoms with Crippen molar-refractivity contribution in [2.45, 2.75) is 19.3 Å². The number of carbonyl (C=O) groups is 2. The fourth-order valence-electron chi connectivity index (χ4n) is 4.14. The standard InChI is InChI=1S/C22H27N5O2S/c28-20(27-9-11-30-12-10-27)14-26-7-4-15(5-8-26)18-13-19(25-22(29)16-1-2-16)24-21-17(18)3-6-23-21/h3-4,6,13,16H,1-2,5,7-12,14H2,(H2,23,24,25,29). The van der Waals surface area contributed by atoms with Crippen LogP contribution in [0.4, 0.5) is 5.82 Å². The molecule has 2 aromatic rings. The SMILES string of the molecule is O=C(Nc1cc(C2=CCN(CC(=O)N3CCSCC3)CC2)c2cc[nH]c2n1)C1CC1. The van der Waals surface area contributed by atoms with Crippen molar-refractivity contribution >= 4 is 46.0 Å². The maximum absolute atomic E-state index is 12.6. The van der Waals surface area contributed by atoms with E-state index < -0.39 is 0 Å². The highest BCUT2D eigenvalue weighted by Gasteiger charge is 2.30. The third kappa shape index (κ3) is 4.25. The molecule has 2 aliphatic heterocycles. The molecule has 0 atom stereocenters. The zero-order valence-electron chi connectivity index (χ0n) is 17.0. The number of rotatable bonds is 5. The number of aromatic nitrogens is 2. The fraction of sp³-hybridized carbons (Fsp3) is 0.500. The summed E-state index contributed by atoms with van der Waals surface area (Å²) in [7, 11) is 0. The number of anilines is 1. The van der Waals surface area contributed by atoms with Gasteiger partial charge in [-0.15, -0.1) is 0 Å². The molecule has 0 unspecified atom stereocenters. The number of aromatic amines is 1. The molecule has 0 bridgehead atoms. The van der Waals surface area contributed by atoms with Gasteiger partial charge in [0.15, 0.2) is 0 Å². The van der Waals surface area contributed by atoms with Gasteiger partial charge >= 0.3 is 0 Å². The van der Waals surface area contributed by atoms with Crippen LogP contribution in [0.25, 0.3) is 16.6 Å². The number of nitrogens with zero attached hydrogens (tertiary/aromatic N) is 3. The minimum atomic E-state index is 0.0674. The van der Waals surface area contributed by atoms with Crippen LogP contribution in [0.15, 0.2) is 24.4 Å². The minimum absolute atomic E-state index is 0.0674. The lowest BCUT2D eigenvalue weighted by atomic mass is 9.97. The van der Waals surface area contributed by atoms with Crippen molar-refractivity contribution < 1.29 is 9.59 Å². The predicted molar refractivity (Wildman–Crippen MR) is 120 cm³/mol. The zero-order valence-corrected chi connectivity index (χ0v) is 17.8. The van der Waals surface area contributed by atoms with Crippen molar-refractivity contribution in [1.29, 1.82) is 0 Å². The topological polar surface area (TPSA) is 81.3 Å². The van der Waals surface area contributed by atoms with Gasteiger partial charge in [0.2, 0.25) is 11.8 Å². The van der Waals surface area contributed by atoms with E-state index in [4.69, 9.17) is 0 Å². The number of pyridine rings is 1. The van der Waals surface area contributed by atoms with Crippen LogP contribution in [0.5, 0.6) is 0 Å². The van der Waals surface area contributed by atoms with Gasteiger partial charge in [-0.3, -0.25) is 14.5 Å². The normalized spacial score (nSPS) is 20.3. The fourth-order valence-corrected chi connectivity index (χ4v) is 5.05. The Hall–Kier alpha value is -2.32. The highest BCUT2D eigenvalue weighted by molar-refractivity contribution is 7.99. The first-order valence-corrected chi connectivity index (χ1v) is 11.9. The second-order valence-electron chi connectivity index (χ2n) is 8.27. The number of carbonyl (C=O) groups excluding carboxylic acids is 2. The molecule has 0 spiro atoms. The summed E-state index contributed by atoms with van der Waals surface area (Å²) in [6.07, 6.45) is 6.93. The lowest BCUT2D eigenvalue weighted by Gasteiger charge is -2.31. The number of hydrogen-bond acceptors (Lipinski definition) is 5. The third-order valence-electron chi connectivity index (χ3n) is 6.09. The summed E-state index contributed by atoms with van der Waals surface area (Å²) in [5.74, 6) is 3.16. The molecule has 2 amide bonds. The van der Waals surface area contributed by atoms with Crippen LogP contribution in [0, 0.1) is 5.92 Å². The van der Waals surface area contributed by atoms with Gasteiger partial charge in [0.1, 0.15) is 11.5 Å². The molecule has 3 aliphatic rings. The van der Waals surface area contributed by atoms with Gasteiger partial charge in [0.25, 0.3) is 0 Å². The largest absolute Gasteiger partial charge is 0.346 e. The van der Waals surface area contributed by atoms with E-state index in [1.165, 1.54) is 5.57 Å². The average molecular weight is 426 g/mol. The van der Waals surface area contributed by atoms with E-state index in [9.17, 15) is 9.59 Å². The van der Waals surface area contributed by atoms with Crippen molar-refractivity contribution in [3.63, 3.8) is 0 Å². The molecular formula is C22H27N5O2S. The third-order valence-corrected chi connectivity index (χ3v) is 7.03. The highest BCUT2D eigenvalue weighted by Crippen LogP contribution is 2.33. The Labute approximate surface area is 180 Å². The maximum Gasteiger partial charge on any atom is 0.236 e. The van der Waals surface area contributed by atoms with Gasteiger partial charge in [-0.25, -0.2) is 4.98 Å². The molecular weight excluding hydrogens is 398 g/mol. The molecule has 1 aliphatic carbocycles. The molecule has 7 nitrogen and oxygen atoms in total. The van der Waals surface area contributed by atoms with Crippen molar-refractivity contribution in [1.82, 2.24) is 19.8 Å². The summed E-state index contributed by atoms with van der Waals surface area (Å²) >= 11 is 1.92. The van der Waals surface area contributed by atoms with Crippen LogP contribution >= 0.6 is 11.8 Å². The summed E-state index contributed by atoms with van der Waals surface area (Å²) in [6, 6.07) is 4.03. The second kappa shape index (κ2) is 8.43. The summed E-state index contributed by atoms with van der Waals surface area (Å²) in [5.41, 5.74) is 3.16. The smallest absolute Gasteiger partial charge is 0.236 e. The first-order valence-electron chi connectivity index (χ1n) is 10.7. The van der Waals surface area contributed by atoms with E-state index in [1.807, 2.05) is 35.0 Å². The van der Waals surface area contributed by atoms with Crippen LogP contribution in [-0.4, -0.2) is 75.8 Å². The molecule has 0 radical (unpaired) electrons. The quantitative estimate of drug-likeness (QED) is 0.770. The first-order chi connectivity index (χ1) is 14.7. The van der Waals surface area contributed by atoms with Crippen molar-refractivity contribution in [3.05, 3.63) is 30.0 Å². The molecule has 5 rings (SSSR count). The Morgan fingerprint density at radius 2 is 2.07 bits per heavy atom. The van der Waals surface area contributed by atoms with Gasteiger partial charge in [-0.1, -0.05) is 6.08 Å². The Kier molecular flexibility index (Phi) is 5.52. The van der Waals surface area contributed by atoms with Crippen LogP contribution in [-0.2, 0) is 9.59 Å². The van der Waals surface area contributed by atoms with Gasteiger partial charge in [-0.05, 0) is 42.5 Å². The van der Waals surface area contributed by atoms with E-state index in [-0.39, 0.29) is 17.7 Å². The van der Waals surface area contributed by atoms with E-state index in [0.717, 1.165) is 73.5 Å². The number of thioether (sulfide) groups is 1. The first kappa shape index (κ1) is 19.6. The molecule has 4 heterocycles. The lowest BCUT2D eigenvalue weighted by molar-refractivity contribution is -0.132. The molecule has 30 heavy (non-hydrogen) atoms. The van der Waals surface area contributed by atoms with E-state index in [1.54, 1.807) is 0 Å². The molecule has 1 saturated heterocycles.